The first-order valence-electron chi connectivity index (χ1n) is 7.85. The molecule has 4 aliphatic heterocycles. The Bertz CT molecular complexity index is 841. The number of likely N-dealkylation sites (N-methyl/N-ethyl adjacent to an activating group) is 1. The summed E-state index contributed by atoms with van der Waals surface area (Å²) in [5, 5.41) is 10.5. The molecule has 0 aromatic heterocycles. The van der Waals surface area contributed by atoms with E-state index in [0.717, 1.165) is 5.56 Å². The van der Waals surface area contributed by atoms with Gasteiger partial charge in [0.1, 0.15) is 0 Å². The molecular formula is C17H16ClN3O2S2. The molecule has 4 saturated heterocycles. The molecule has 1 spiro atoms. The summed E-state index contributed by atoms with van der Waals surface area (Å²) in [6.45, 7) is 3.61. The molecule has 130 valence electrons. The van der Waals surface area contributed by atoms with Gasteiger partial charge in [-0.15, -0.1) is 0 Å². The SMILES string of the molecule is CN1C(=O)[C@@]23C[C@](C)(C#N)[C@H](c4ccc(Cl)cc4)N2C(=O)[C@]1(C)SS3. The average molecular weight is 394 g/mol. The maximum atomic E-state index is 13.4. The molecule has 4 heterocycles. The Morgan fingerprint density at radius 3 is 2.44 bits per heavy atom. The number of hydrogen-bond donors (Lipinski definition) is 0. The fourth-order valence-corrected chi connectivity index (χ4v) is 7.77. The minimum Gasteiger partial charge on any atom is -0.319 e. The van der Waals surface area contributed by atoms with Crippen LogP contribution in [0.4, 0.5) is 0 Å². The summed E-state index contributed by atoms with van der Waals surface area (Å²) in [5.74, 6) is -0.214. The van der Waals surface area contributed by atoms with E-state index in [-0.39, 0.29) is 11.8 Å². The van der Waals surface area contributed by atoms with Crippen molar-refractivity contribution in [3.8, 4) is 6.07 Å². The van der Waals surface area contributed by atoms with E-state index in [1.165, 1.54) is 26.5 Å². The molecule has 4 aliphatic rings. The molecular weight excluding hydrogens is 378 g/mol. The quantitative estimate of drug-likeness (QED) is 0.684. The van der Waals surface area contributed by atoms with Crippen molar-refractivity contribution in [2.45, 2.75) is 36.1 Å². The predicted molar refractivity (Wildman–Crippen MR) is 98.5 cm³/mol. The molecule has 0 radical (unpaired) electrons. The van der Waals surface area contributed by atoms with Gasteiger partial charge in [0, 0.05) is 18.5 Å². The molecule has 4 fully saturated rings. The number of piperazine rings is 1. The van der Waals surface area contributed by atoms with E-state index < -0.39 is 21.2 Å². The second kappa shape index (κ2) is 5.09. The molecule has 0 N–H and O–H groups in total. The average Bonchev–Trinajstić information content (AvgIpc) is 2.87. The lowest BCUT2D eigenvalue weighted by atomic mass is 9.79. The van der Waals surface area contributed by atoms with Crippen LogP contribution in [0, 0.1) is 16.7 Å². The zero-order chi connectivity index (χ0) is 18.2. The van der Waals surface area contributed by atoms with Crippen LogP contribution in [0.3, 0.4) is 0 Å². The van der Waals surface area contributed by atoms with Gasteiger partial charge in [-0.05, 0) is 31.5 Å². The Hall–Kier alpha value is -1.36. The van der Waals surface area contributed by atoms with Crippen molar-refractivity contribution in [2.24, 2.45) is 5.41 Å². The highest BCUT2D eigenvalue weighted by Gasteiger charge is 2.74. The van der Waals surface area contributed by atoms with Crippen molar-refractivity contribution in [3.63, 3.8) is 0 Å². The predicted octanol–water partition coefficient (Wildman–Crippen LogP) is 3.42. The molecule has 0 saturated carbocycles. The van der Waals surface area contributed by atoms with Gasteiger partial charge in [0.05, 0.1) is 17.5 Å². The second-order valence-corrected chi connectivity index (χ2v) is 10.4. The summed E-state index contributed by atoms with van der Waals surface area (Å²) in [4.78, 5) is 27.7. The Morgan fingerprint density at radius 2 is 1.84 bits per heavy atom. The van der Waals surface area contributed by atoms with Gasteiger partial charge in [0.25, 0.3) is 11.8 Å². The summed E-state index contributed by atoms with van der Waals surface area (Å²) in [5.41, 5.74) is -0.0285. The minimum absolute atomic E-state index is 0.101. The number of halogens is 1. The molecule has 4 atom stereocenters. The minimum atomic E-state index is -1.02. The summed E-state index contributed by atoms with van der Waals surface area (Å²) in [6.07, 6.45) is 0.312. The van der Waals surface area contributed by atoms with E-state index in [9.17, 15) is 14.9 Å². The highest BCUT2D eigenvalue weighted by molar-refractivity contribution is 8.78. The third-order valence-corrected chi connectivity index (χ3v) is 9.49. The van der Waals surface area contributed by atoms with Gasteiger partial charge in [-0.1, -0.05) is 45.3 Å². The van der Waals surface area contributed by atoms with E-state index in [1.54, 1.807) is 31.0 Å². The van der Waals surface area contributed by atoms with Gasteiger partial charge in [0.15, 0.2) is 9.74 Å². The second-order valence-electron chi connectivity index (χ2n) is 7.13. The van der Waals surface area contributed by atoms with Crippen molar-refractivity contribution < 1.29 is 9.59 Å². The normalized spacial score (nSPS) is 39.6. The zero-order valence-electron chi connectivity index (χ0n) is 13.9. The van der Waals surface area contributed by atoms with Crippen molar-refractivity contribution in [1.82, 2.24) is 9.80 Å². The summed E-state index contributed by atoms with van der Waals surface area (Å²) < 4.78 is 0. The number of hydrogen-bond acceptors (Lipinski definition) is 5. The van der Waals surface area contributed by atoms with Crippen LogP contribution in [0.1, 0.15) is 31.9 Å². The van der Waals surface area contributed by atoms with Gasteiger partial charge < -0.3 is 9.80 Å². The van der Waals surface area contributed by atoms with Gasteiger partial charge in [-0.25, -0.2) is 0 Å². The number of nitrogens with zero attached hydrogens (tertiary/aromatic N) is 3. The van der Waals surface area contributed by atoms with Gasteiger partial charge in [-0.3, -0.25) is 9.59 Å². The summed E-state index contributed by atoms with van der Waals surface area (Å²) >= 11 is 6.00. The highest BCUT2D eigenvalue weighted by atomic mass is 35.5. The van der Waals surface area contributed by atoms with Gasteiger partial charge in [0.2, 0.25) is 0 Å². The van der Waals surface area contributed by atoms with E-state index in [2.05, 4.69) is 6.07 Å². The van der Waals surface area contributed by atoms with Gasteiger partial charge in [-0.2, -0.15) is 5.26 Å². The molecule has 2 bridgehead atoms. The van der Waals surface area contributed by atoms with Gasteiger partial charge >= 0.3 is 0 Å². The third kappa shape index (κ3) is 1.93. The first-order chi connectivity index (χ1) is 11.7. The molecule has 1 aromatic carbocycles. The molecule has 1 aromatic rings. The zero-order valence-corrected chi connectivity index (χ0v) is 16.3. The lowest BCUT2D eigenvalue weighted by molar-refractivity contribution is -0.164. The molecule has 0 aliphatic carbocycles. The highest BCUT2D eigenvalue weighted by Crippen LogP contribution is 2.69. The van der Waals surface area contributed by atoms with Crippen molar-refractivity contribution in [2.75, 3.05) is 7.05 Å². The molecule has 8 heteroatoms. The third-order valence-electron chi connectivity index (χ3n) is 5.54. The van der Waals surface area contributed by atoms with Crippen LogP contribution < -0.4 is 0 Å². The lowest BCUT2D eigenvalue weighted by Gasteiger charge is -2.57. The largest absolute Gasteiger partial charge is 0.319 e. The van der Waals surface area contributed by atoms with E-state index in [1.807, 2.05) is 19.1 Å². The van der Waals surface area contributed by atoms with Crippen molar-refractivity contribution in [1.29, 1.82) is 5.26 Å². The van der Waals surface area contributed by atoms with E-state index in [4.69, 9.17) is 11.6 Å². The maximum Gasteiger partial charge on any atom is 0.261 e. The van der Waals surface area contributed by atoms with E-state index in [0.29, 0.717) is 11.4 Å². The summed E-state index contributed by atoms with van der Waals surface area (Å²) in [7, 11) is 4.50. The van der Waals surface area contributed by atoms with Crippen LogP contribution in [0.5, 0.6) is 0 Å². The van der Waals surface area contributed by atoms with Crippen LogP contribution >= 0.6 is 33.2 Å². The van der Waals surface area contributed by atoms with Crippen molar-refractivity contribution >= 4 is 45.0 Å². The number of fused-ring (bicyclic) bond motifs is 2. The molecule has 2 amide bonds. The first kappa shape index (κ1) is 17.1. The number of amides is 2. The number of carbonyl (C=O) groups excluding carboxylic acids is 2. The Morgan fingerprint density at radius 1 is 1.20 bits per heavy atom. The first-order valence-corrected chi connectivity index (χ1v) is 10.4. The number of carbonyl (C=O) groups is 2. The number of rotatable bonds is 1. The number of benzene rings is 1. The van der Waals surface area contributed by atoms with Crippen LogP contribution in [0.15, 0.2) is 24.3 Å². The smallest absolute Gasteiger partial charge is 0.261 e. The Labute approximate surface area is 159 Å². The molecule has 5 nitrogen and oxygen atoms in total. The molecule has 0 unspecified atom stereocenters. The van der Waals surface area contributed by atoms with Crippen LogP contribution in [-0.4, -0.2) is 38.4 Å². The molecule has 25 heavy (non-hydrogen) atoms. The van der Waals surface area contributed by atoms with Crippen molar-refractivity contribution in [3.05, 3.63) is 34.9 Å². The van der Waals surface area contributed by atoms with Crippen LogP contribution in [0.2, 0.25) is 5.02 Å². The molecule has 5 rings (SSSR count). The number of nitriles is 1. The fourth-order valence-electron chi connectivity index (χ4n) is 4.07. The monoisotopic (exact) mass is 393 g/mol. The van der Waals surface area contributed by atoms with Crippen LogP contribution in [0.25, 0.3) is 0 Å². The topological polar surface area (TPSA) is 64.4 Å². The van der Waals surface area contributed by atoms with E-state index >= 15 is 0 Å². The van der Waals surface area contributed by atoms with Crippen LogP contribution in [-0.2, 0) is 9.59 Å². The standard InChI is InChI=1S/C17H16ClN3O2S2/c1-15(9-19)8-17-14(23)20(3)16(2,24-25-17)13(22)21(17)12(15)10-4-6-11(18)7-5-10/h4-7,12H,8H2,1-3H3/t12-,15+,16-,17-/m0/s1. The Kier molecular flexibility index (Phi) is 3.48. The maximum absolute atomic E-state index is 13.4. The fraction of sp³-hybridized carbons (Fsp3) is 0.471. The lowest BCUT2D eigenvalue weighted by Crippen LogP contribution is -2.73. The summed E-state index contributed by atoms with van der Waals surface area (Å²) in [6, 6.07) is 9.09. The Balaban J connectivity index is 1.93.